The molecule has 2 nitrogen and oxygen atoms in total. The molecule has 0 amide bonds. The van der Waals surface area contributed by atoms with Gasteiger partial charge < -0.3 is 9.88 Å². The molecule has 2 aromatic heterocycles. The maximum absolute atomic E-state index is 3.58. The average Bonchev–Trinajstić information content (AvgIpc) is 3.70. The van der Waals surface area contributed by atoms with Gasteiger partial charge in [0, 0.05) is 53.1 Å². The van der Waals surface area contributed by atoms with E-state index in [-0.39, 0.29) is 5.41 Å². The molecule has 1 N–H and O–H groups in total. The molecule has 3 heteroatoms. The minimum atomic E-state index is -0.230. The lowest BCUT2D eigenvalue weighted by atomic mass is 9.72. The number of thiophene rings is 1. The number of benzene rings is 7. The Morgan fingerprint density at radius 2 is 1.00 bits per heavy atom. The predicted octanol–water partition coefficient (Wildman–Crippen LogP) is 13.1. The summed E-state index contributed by atoms with van der Waals surface area (Å²) in [6.45, 7) is 4.78. The van der Waals surface area contributed by atoms with Crippen LogP contribution in [0.1, 0.15) is 25.0 Å². The van der Waals surface area contributed by atoms with E-state index in [0.29, 0.717) is 0 Å². The summed E-state index contributed by atoms with van der Waals surface area (Å²) in [7, 11) is 0. The minimum Gasteiger partial charge on any atom is -0.355 e. The lowest BCUT2D eigenvalue weighted by Crippen LogP contribution is -2.30. The molecule has 0 fully saturated rings. The van der Waals surface area contributed by atoms with Gasteiger partial charge in [0.2, 0.25) is 0 Å². The average molecular weight is 633 g/mol. The Kier molecular flexibility index (Phi) is 5.82. The first-order valence-electron chi connectivity index (χ1n) is 16.6. The smallest absolute Gasteiger partial charge is 0.0503 e. The monoisotopic (exact) mass is 632 g/mol. The molecule has 0 atom stereocenters. The highest BCUT2D eigenvalue weighted by atomic mass is 32.1. The highest BCUT2D eigenvalue weighted by Gasteiger charge is 2.37. The number of para-hydroxylation sites is 2. The SMILES string of the molecule is CC1(C)c2cc(-c3ccc4[nH]c5ccccc5c4c3)ccc2N(c2ccccc2)c2ccc(-c3ccc4sc5ccccc5c4c3)cc21. The van der Waals surface area contributed by atoms with Crippen LogP contribution in [0.25, 0.3) is 64.2 Å². The van der Waals surface area contributed by atoms with Crippen molar-refractivity contribution in [1.29, 1.82) is 0 Å². The van der Waals surface area contributed by atoms with Gasteiger partial charge in [-0.1, -0.05) is 92.7 Å². The van der Waals surface area contributed by atoms with Crippen molar-refractivity contribution in [2.75, 3.05) is 4.90 Å². The lowest BCUT2D eigenvalue weighted by Gasteiger charge is -2.42. The molecule has 3 heterocycles. The molecule has 0 radical (unpaired) electrons. The van der Waals surface area contributed by atoms with Gasteiger partial charge in [0.15, 0.2) is 0 Å². The van der Waals surface area contributed by atoms with Crippen LogP contribution in [0, 0.1) is 0 Å². The molecule has 0 bridgehead atoms. The first-order chi connectivity index (χ1) is 23.5. The summed E-state index contributed by atoms with van der Waals surface area (Å²) in [5, 5.41) is 5.19. The van der Waals surface area contributed by atoms with Crippen molar-refractivity contribution in [2.45, 2.75) is 19.3 Å². The van der Waals surface area contributed by atoms with Crippen LogP contribution in [0.3, 0.4) is 0 Å². The van der Waals surface area contributed by atoms with Gasteiger partial charge in [-0.05, 0) is 106 Å². The number of nitrogens with one attached hydrogen (secondary N) is 1. The zero-order chi connectivity index (χ0) is 32.0. The molecule has 0 aliphatic carbocycles. The van der Waals surface area contributed by atoms with Gasteiger partial charge in [-0.3, -0.25) is 0 Å². The van der Waals surface area contributed by atoms with E-state index < -0.39 is 0 Å². The van der Waals surface area contributed by atoms with Crippen LogP contribution >= 0.6 is 11.3 Å². The highest BCUT2D eigenvalue weighted by Crippen LogP contribution is 2.53. The van der Waals surface area contributed by atoms with Crippen molar-refractivity contribution in [2.24, 2.45) is 0 Å². The first kappa shape index (κ1) is 27.5. The van der Waals surface area contributed by atoms with E-state index in [9.17, 15) is 0 Å². The van der Waals surface area contributed by atoms with E-state index in [1.807, 2.05) is 11.3 Å². The van der Waals surface area contributed by atoms with E-state index in [0.717, 1.165) is 0 Å². The number of anilines is 3. The lowest BCUT2D eigenvalue weighted by molar-refractivity contribution is 0.632. The number of aromatic amines is 1. The number of hydrogen-bond acceptors (Lipinski definition) is 2. The third-order valence-electron chi connectivity index (χ3n) is 10.4. The molecule has 1 aliphatic heterocycles. The fraction of sp³-hybridized carbons (Fsp3) is 0.0667. The van der Waals surface area contributed by atoms with E-state index in [1.165, 1.54) is 92.4 Å². The first-order valence-corrected chi connectivity index (χ1v) is 17.4. The number of nitrogens with zero attached hydrogens (tertiary/aromatic N) is 1. The Labute approximate surface area is 283 Å². The Hall–Kier alpha value is -5.64. The molecule has 0 unspecified atom stereocenters. The highest BCUT2D eigenvalue weighted by molar-refractivity contribution is 7.25. The largest absolute Gasteiger partial charge is 0.355 e. The fourth-order valence-electron chi connectivity index (χ4n) is 7.89. The van der Waals surface area contributed by atoms with Crippen LogP contribution in [0.15, 0.2) is 152 Å². The fourth-order valence-corrected chi connectivity index (χ4v) is 8.97. The number of fused-ring (bicyclic) bond motifs is 8. The summed E-state index contributed by atoms with van der Waals surface area (Å²) in [4.78, 5) is 6.03. The Bertz CT molecular complexity index is 2540. The number of aromatic nitrogens is 1. The van der Waals surface area contributed by atoms with Gasteiger partial charge in [0.1, 0.15) is 0 Å². The second-order valence-electron chi connectivity index (χ2n) is 13.5. The molecule has 10 rings (SSSR count). The van der Waals surface area contributed by atoms with Gasteiger partial charge in [0.25, 0.3) is 0 Å². The molecule has 9 aromatic rings. The molecule has 0 saturated heterocycles. The zero-order valence-electron chi connectivity index (χ0n) is 26.8. The Morgan fingerprint density at radius 3 is 1.75 bits per heavy atom. The maximum Gasteiger partial charge on any atom is 0.0503 e. The second kappa shape index (κ2) is 10.2. The molecule has 7 aromatic carbocycles. The summed E-state index contributed by atoms with van der Waals surface area (Å²) in [5.41, 5.74) is 13.4. The molecule has 1 aliphatic rings. The molecular formula is C45H32N2S. The van der Waals surface area contributed by atoms with Crippen LogP contribution in [-0.4, -0.2) is 4.98 Å². The topological polar surface area (TPSA) is 19.0 Å². The van der Waals surface area contributed by atoms with Gasteiger partial charge in [-0.2, -0.15) is 0 Å². The molecule has 0 saturated carbocycles. The Morgan fingerprint density at radius 1 is 0.458 bits per heavy atom. The summed E-state index contributed by atoms with van der Waals surface area (Å²) in [5.74, 6) is 0. The predicted molar refractivity (Wildman–Crippen MR) is 206 cm³/mol. The minimum absolute atomic E-state index is 0.230. The van der Waals surface area contributed by atoms with Crippen LogP contribution in [0.4, 0.5) is 17.1 Å². The van der Waals surface area contributed by atoms with Crippen molar-refractivity contribution in [3.8, 4) is 22.3 Å². The van der Waals surface area contributed by atoms with Gasteiger partial charge in [-0.15, -0.1) is 11.3 Å². The van der Waals surface area contributed by atoms with Crippen LogP contribution < -0.4 is 4.90 Å². The maximum atomic E-state index is 3.58. The van der Waals surface area contributed by atoms with E-state index >= 15 is 0 Å². The van der Waals surface area contributed by atoms with Gasteiger partial charge >= 0.3 is 0 Å². The molecule has 48 heavy (non-hydrogen) atoms. The standard InChI is InChI=1S/C45H32N2S/c1-45(2)37-26-30(28-16-20-40-35(24-28)33-12-6-8-14-39(33)46-40)17-21-41(37)47(32-10-4-3-5-11-32)42-22-18-31(27-38(42)45)29-19-23-44-36(25-29)34-13-7-9-15-43(34)48-44/h3-27,46H,1-2H3. The summed E-state index contributed by atoms with van der Waals surface area (Å²) in [6.07, 6.45) is 0. The van der Waals surface area contributed by atoms with Crippen LogP contribution in [0.5, 0.6) is 0 Å². The van der Waals surface area contributed by atoms with Crippen molar-refractivity contribution < 1.29 is 0 Å². The van der Waals surface area contributed by atoms with E-state index in [1.54, 1.807) is 0 Å². The van der Waals surface area contributed by atoms with E-state index in [2.05, 4.69) is 175 Å². The van der Waals surface area contributed by atoms with Crippen molar-refractivity contribution in [3.63, 3.8) is 0 Å². The molecular weight excluding hydrogens is 601 g/mol. The quantitative estimate of drug-likeness (QED) is 0.205. The van der Waals surface area contributed by atoms with Crippen molar-refractivity contribution >= 4 is 70.4 Å². The van der Waals surface area contributed by atoms with Crippen molar-refractivity contribution in [3.05, 3.63) is 163 Å². The van der Waals surface area contributed by atoms with Crippen LogP contribution in [-0.2, 0) is 5.41 Å². The number of H-pyrrole nitrogens is 1. The number of hydrogen-bond donors (Lipinski definition) is 1. The normalized spacial score (nSPS) is 13.8. The third-order valence-corrected chi connectivity index (χ3v) is 11.5. The van der Waals surface area contributed by atoms with Crippen molar-refractivity contribution in [1.82, 2.24) is 4.98 Å². The van der Waals surface area contributed by atoms with Gasteiger partial charge in [0.05, 0.1) is 11.4 Å². The number of rotatable bonds is 3. The Balaban J connectivity index is 1.15. The van der Waals surface area contributed by atoms with E-state index in [4.69, 9.17) is 0 Å². The second-order valence-corrected chi connectivity index (χ2v) is 14.6. The third kappa shape index (κ3) is 4.04. The summed E-state index contributed by atoms with van der Waals surface area (Å²) in [6, 6.07) is 56.0. The summed E-state index contributed by atoms with van der Waals surface area (Å²) >= 11 is 1.87. The van der Waals surface area contributed by atoms with Crippen LogP contribution in [0.2, 0.25) is 0 Å². The summed E-state index contributed by atoms with van der Waals surface area (Å²) < 4.78 is 2.67. The zero-order valence-corrected chi connectivity index (χ0v) is 27.6. The molecule has 0 spiro atoms. The molecule has 228 valence electrons. The van der Waals surface area contributed by atoms with Gasteiger partial charge in [-0.25, -0.2) is 0 Å².